The first-order valence-corrected chi connectivity index (χ1v) is 8.77. The molecule has 2 aliphatic heterocycles. The molecule has 1 aromatic rings. The summed E-state index contributed by atoms with van der Waals surface area (Å²) in [6.45, 7) is 10.1. The van der Waals surface area contributed by atoms with Gasteiger partial charge in [-0.1, -0.05) is 18.2 Å². The Morgan fingerprint density at radius 2 is 2.12 bits per heavy atom. The highest BCUT2D eigenvalue weighted by molar-refractivity contribution is 5.71. The van der Waals surface area contributed by atoms with Crippen LogP contribution in [0.15, 0.2) is 18.2 Å². The van der Waals surface area contributed by atoms with Crippen LogP contribution in [0.4, 0.5) is 10.5 Å². The zero-order chi connectivity index (χ0) is 17.5. The number of nitrogens with zero attached hydrogens (tertiary/aromatic N) is 2. The Labute approximate surface area is 144 Å². The van der Waals surface area contributed by atoms with Crippen molar-refractivity contribution in [2.45, 2.75) is 58.2 Å². The van der Waals surface area contributed by atoms with Crippen molar-refractivity contribution in [2.24, 2.45) is 0 Å². The molecule has 5 heteroatoms. The molecule has 0 bridgehead atoms. The number of aliphatic hydroxyl groups is 1. The fraction of sp³-hybridized carbons (Fsp3) is 0.632. The van der Waals surface area contributed by atoms with Crippen molar-refractivity contribution in [3.63, 3.8) is 0 Å². The molecule has 0 fully saturated rings. The molecule has 0 spiro atoms. The van der Waals surface area contributed by atoms with E-state index in [0.717, 1.165) is 18.5 Å². The fourth-order valence-corrected chi connectivity index (χ4v) is 3.76. The van der Waals surface area contributed by atoms with Crippen molar-refractivity contribution in [2.75, 3.05) is 24.6 Å². The molecule has 132 valence electrons. The van der Waals surface area contributed by atoms with E-state index in [1.807, 2.05) is 26.8 Å². The number of hydrogen-bond donors (Lipinski definition) is 1. The summed E-state index contributed by atoms with van der Waals surface area (Å²) in [6.07, 6.45) is 0.689. The monoisotopic (exact) mass is 332 g/mol. The Kier molecular flexibility index (Phi) is 4.47. The number of carbonyl (C=O) groups excluding carboxylic acids is 1. The first-order chi connectivity index (χ1) is 11.3. The zero-order valence-corrected chi connectivity index (χ0v) is 15.1. The Morgan fingerprint density at radius 3 is 2.79 bits per heavy atom. The van der Waals surface area contributed by atoms with Crippen molar-refractivity contribution < 1.29 is 14.6 Å². The average molecular weight is 332 g/mol. The summed E-state index contributed by atoms with van der Waals surface area (Å²) in [7, 11) is 0. The maximum absolute atomic E-state index is 12.6. The quantitative estimate of drug-likeness (QED) is 0.858. The van der Waals surface area contributed by atoms with Crippen LogP contribution in [-0.2, 0) is 11.3 Å². The van der Waals surface area contributed by atoms with Gasteiger partial charge in [-0.25, -0.2) is 4.79 Å². The van der Waals surface area contributed by atoms with E-state index in [9.17, 15) is 9.90 Å². The Morgan fingerprint density at radius 1 is 1.38 bits per heavy atom. The van der Waals surface area contributed by atoms with Gasteiger partial charge in [0.15, 0.2) is 0 Å². The summed E-state index contributed by atoms with van der Waals surface area (Å²) in [6, 6.07) is 6.45. The summed E-state index contributed by atoms with van der Waals surface area (Å²) in [4.78, 5) is 16.8. The minimum atomic E-state index is -0.493. The van der Waals surface area contributed by atoms with Gasteiger partial charge in [0.25, 0.3) is 0 Å². The molecule has 2 heterocycles. The molecule has 2 atom stereocenters. The van der Waals surface area contributed by atoms with E-state index in [1.165, 1.54) is 11.3 Å². The maximum Gasteiger partial charge on any atom is 0.410 e. The van der Waals surface area contributed by atoms with Crippen molar-refractivity contribution in [1.82, 2.24) is 4.90 Å². The minimum Gasteiger partial charge on any atom is -0.444 e. The lowest BCUT2D eigenvalue weighted by molar-refractivity contribution is 0.0229. The Hall–Kier alpha value is -1.75. The number of amides is 1. The van der Waals surface area contributed by atoms with Crippen LogP contribution in [-0.4, -0.2) is 47.4 Å². The van der Waals surface area contributed by atoms with Gasteiger partial charge >= 0.3 is 6.09 Å². The molecule has 1 N–H and O–H groups in total. The first-order valence-electron chi connectivity index (χ1n) is 8.77. The number of rotatable bonds is 1. The molecule has 0 saturated heterocycles. The van der Waals surface area contributed by atoms with Gasteiger partial charge in [-0.15, -0.1) is 0 Å². The van der Waals surface area contributed by atoms with Crippen LogP contribution in [0.2, 0.25) is 0 Å². The van der Waals surface area contributed by atoms with Gasteiger partial charge in [0.1, 0.15) is 5.60 Å². The van der Waals surface area contributed by atoms with Crippen LogP contribution in [0, 0.1) is 0 Å². The maximum atomic E-state index is 12.6. The lowest BCUT2D eigenvalue weighted by atomic mass is 9.88. The predicted octanol–water partition coefficient (Wildman–Crippen LogP) is 3.11. The molecule has 5 nitrogen and oxygen atoms in total. The molecule has 1 aromatic carbocycles. The van der Waals surface area contributed by atoms with Gasteiger partial charge in [-0.3, -0.25) is 0 Å². The summed E-state index contributed by atoms with van der Waals surface area (Å²) in [5, 5.41) is 9.71. The molecule has 24 heavy (non-hydrogen) atoms. The third-order valence-corrected chi connectivity index (χ3v) is 4.85. The smallest absolute Gasteiger partial charge is 0.410 e. The molecule has 1 amide bonds. The van der Waals surface area contributed by atoms with Crippen LogP contribution < -0.4 is 4.90 Å². The van der Waals surface area contributed by atoms with Crippen molar-refractivity contribution in [3.05, 3.63) is 29.3 Å². The average Bonchev–Trinajstić information content (AvgIpc) is 2.65. The molecule has 2 unspecified atom stereocenters. The van der Waals surface area contributed by atoms with E-state index in [2.05, 4.69) is 24.0 Å². The van der Waals surface area contributed by atoms with Gasteiger partial charge < -0.3 is 19.6 Å². The first kappa shape index (κ1) is 17.1. The van der Waals surface area contributed by atoms with Crippen LogP contribution in [0.1, 0.15) is 51.2 Å². The molecular formula is C19H28N2O3. The van der Waals surface area contributed by atoms with Crippen LogP contribution in [0.5, 0.6) is 0 Å². The number of hydrogen-bond acceptors (Lipinski definition) is 4. The number of carbonyl (C=O) groups is 1. The van der Waals surface area contributed by atoms with Gasteiger partial charge in [-0.05, 0) is 45.2 Å². The number of benzene rings is 1. The van der Waals surface area contributed by atoms with E-state index in [-0.39, 0.29) is 24.7 Å². The van der Waals surface area contributed by atoms with E-state index < -0.39 is 5.60 Å². The van der Waals surface area contributed by atoms with Gasteiger partial charge in [0.05, 0.1) is 13.2 Å². The number of anilines is 1. The second-order valence-electron chi connectivity index (χ2n) is 7.93. The highest BCUT2D eigenvalue weighted by Gasteiger charge is 2.35. The third kappa shape index (κ3) is 3.22. The van der Waals surface area contributed by atoms with Crippen LogP contribution >= 0.6 is 0 Å². The minimum absolute atomic E-state index is 0.175. The highest BCUT2D eigenvalue weighted by atomic mass is 16.6. The van der Waals surface area contributed by atoms with Crippen molar-refractivity contribution >= 4 is 11.8 Å². The summed E-state index contributed by atoms with van der Waals surface area (Å²) in [5.74, 6) is 0.191. The summed E-state index contributed by atoms with van der Waals surface area (Å²) in [5.41, 5.74) is 3.06. The third-order valence-electron chi connectivity index (χ3n) is 4.85. The van der Waals surface area contributed by atoms with E-state index in [1.54, 1.807) is 4.90 Å². The van der Waals surface area contributed by atoms with Crippen molar-refractivity contribution in [1.29, 1.82) is 0 Å². The molecule has 0 aliphatic carbocycles. The standard InChI is InChI=1S/C19H28N2O3/c1-13-10-20(18(23)24-19(2,3)4)11-14-6-5-7-16-15(12-22)8-9-21(13)17(14)16/h5-7,13,15,22H,8-12H2,1-4H3. The predicted molar refractivity (Wildman–Crippen MR) is 94.3 cm³/mol. The van der Waals surface area contributed by atoms with E-state index in [4.69, 9.17) is 4.74 Å². The molecule has 0 aromatic heterocycles. The molecule has 0 radical (unpaired) electrons. The van der Waals surface area contributed by atoms with E-state index in [0.29, 0.717) is 13.1 Å². The largest absolute Gasteiger partial charge is 0.444 e. The fourth-order valence-electron chi connectivity index (χ4n) is 3.76. The Bertz CT molecular complexity index is 624. The summed E-state index contributed by atoms with van der Waals surface area (Å²) >= 11 is 0. The van der Waals surface area contributed by atoms with Crippen LogP contribution in [0.3, 0.4) is 0 Å². The number of para-hydroxylation sites is 1. The Balaban J connectivity index is 1.95. The van der Waals surface area contributed by atoms with Crippen molar-refractivity contribution in [3.8, 4) is 0 Å². The second-order valence-corrected chi connectivity index (χ2v) is 7.93. The number of ether oxygens (including phenoxy) is 1. The van der Waals surface area contributed by atoms with Gasteiger partial charge in [0.2, 0.25) is 0 Å². The lowest BCUT2D eigenvalue weighted by Gasteiger charge is -2.39. The van der Waals surface area contributed by atoms with Gasteiger partial charge in [-0.2, -0.15) is 0 Å². The van der Waals surface area contributed by atoms with Crippen LogP contribution in [0.25, 0.3) is 0 Å². The molecule has 3 rings (SSSR count). The van der Waals surface area contributed by atoms with E-state index >= 15 is 0 Å². The lowest BCUT2D eigenvalue weighted by Crippen LogP contribution is -2.45. The second kappa shape index (κ2) is 6.28. The molecular weight excluding hydrogens is 304 g/mol. The van der Waals surface area contributed by atoms with Gasteiger partial charge in [0, 0.05) is 30.7 Å². The SMILES string of the molecule is CC1CN(C(=O)OC(C)(C)C)Cc2cccc3c2N1CCC3CO. The molecule has 2 aliphatic rings. The highest BCUT2D eigenvalue weighted by Crippen LogP contribution is 2.40. The zero-order valence-electron chi connectivity index (χ0n) is 15.1. The summed E-state index contributed by atoms with van der Waals surface area (Å²) < 4.78 is 5.58. The number of aliphatic hydroxyl groups excluding tert-OH is 1. The normalized spacial score (nSPS) is 23.5. The molecule has 0 saturated carbocycles. The topological polar surface area (TPSA) is 53.0 Å².